The zero-order valence-corrected chi connectivity index (χ0v) is 13.7. The second-order valence-corrected chi connectivity index (χ2v) is 6.61. The highest BCUT2D eigenvalue weighted by atomic mass is 79.9. The Morgan fingerprint density at radius 1 is 1.35 bits per heavy atom. The van der Waals surface area contributed by atoms with Crippen molar-refractivity contribution in [3.05, 3.63) is 28.2 Å². The number of ether oxygens (including phenoxy) is 1. The number of nitrogens with zero attached hydrogens (tertiary/aromatic N) is 1. The van der Waals surface area contributed by atoms with Gasteiger partial charge in [0.2, 0.25) is 0 Å². The van der Waals surface area contributed by atoms with E-state index >= 15 is 0 Å². The molecule has 0 aromatic heterocycles. The summed E-state index contributed by atoms with van der Waals surface area (Å²) in [4.78, 5) is 2.56. The molecule has 2 fully saturated rings. The van der Waals surface area contributed by atoms with Crippen molar-refractivity contribution in [2.24, 2.45) is 0 Å². The van der Waals surface area contributed by atoms with E-state index in [-0.39, 0.29) is 0 Å². The molecule has 1 N–H and O–H groups in total. The first-order chi connectivity index (χ1) is 9.79. The Bertz CT molecular complexity index is 464. The molecule has 1 aromatic carbocycles. The van der Waals surface area contributed by atoms with Crippen molar-refractivity contribution in [3.63, 3.8) is 0 Å². The van der Waals surface area contributed by atoms with E-state index < -0.39 is 0 Å². The summed E-state index contributed by atoms with van der Waals surface area (Å²) in [5, 5.41) is 3.21. The minimum absolute atomic E-state index is 0.438. The van der Waals surface area contributed by atoms with Crippen LogP contribution in [0.2, 0.25) is 0 Å². The Kier molecular flexibility index (Phi) is 4.64. The maximum Gasteiger partial charge on any atom is 0.0779 e. The Balaban J connectivity index is 1.82. The molecule has 2 unspecified atom stereocenters. The largest absolute Gasteiger partial charge is 0.374 e. The maximum atomic E-state index is 5.96. The van der Waals surface area contributed by atoms with Crippen LogP contribution in [0.4, 0.5) is 5.69 Å². The molecular formula is C16H23BrN2O. The van der Waals surface area contributed by atoms with Gasteiger partial charge in [0.05, 0.1) is 18.8 Å². The molecule has 0 radical (unpaired) electrons. The molecule has 3 nitrogen and oxygen atoms in total. The summed E-state index contributed by atoms with van der Waals surface area (Å²) in [6.07, 6.45) is 5.58. The summed E-state index contributed by atoms with van der Waals surface area (Å²) in [6, 6.07) is 7.32. The summed E-state index contributed by atoms with van der Waals surface area (Å²) in [6.45, 7) is 2.77. The van der Waals surface area contributed by atoms with Gasteiger partial charge in [0.15, 0.2) is 0 Å². The highest BCUT2D eigenvalue weighted by Crippen LogP contribution is 2.33. The van der Waals surface area contributed by atoms with Crippen molar-refractivity contribution >= 4 is 21.6 Å². The maximum absolute atomic E-state index is 5.96. The molecular weight excluding hydrogens is 316 g/mol. The Labute approximate surface area is 129 Å². The minimum atomic E-state index is 0.438. The molecule has 1 aromatic rings. The van der Waals surface area contributed by atoms with Crippen LogP contribution in [0.5, 0.6) is 0 Å². The Morgan fingerprint density at radius 3 is 3.00 bits per heavy atom. The number of rotatable bonds is 3. The van der Waals surface area contributed by atoms with Gasteiger partial charge in [0.1, 0.15) is 0 Å². The van der Waals surface area contributed by atoms with Crippen LogP contribution in [-0.2, 0) is 11.3 Å². The molecule has 20 heavy (non-hydrogen) atoms. The zero-order valence-electron chi connectivity index (χ0n) is 12.1. The molecule has 2 atom stereocenters. The lowest BCUT2D eigenvalue weighted by Gasteiger charge is -2.45. The molecule has 2 aliphatic rings. The van der Waals surface area contributed by atoms with Crippen molar-refractivity contribution < 1.29 is 4.74 Å². The average molecular weight is 339 g/mol. The molecule has 0 spiro atoms. The molecule has 1 aliphatic heterocycles. The number of halogens is 1. The lowest BCUT2D eigenvalue weighted by molar-refractivity contribution is -0.00868. The topological polar surface area (TPSA) is 24.5 Å². The third kappa shape index (κ3) is 2.87. The van der Waals surface area contributed by atoms with Crippen LogP contribution in [0.25, 0.3) is 0 Å². The molecule has 1 saturated heterocycles. The van der Waals surface area contributed by atoms with Crippen molar-refractivity contribution in [3.8, 4) is 0 Å². The third-order valence-electron chi connectivity index (χ3n) is 4.47. The third-order valence-corrected chi connectivity index (χ3v) is 5.21. The highest BCUT2D eigenvalue weighted by Gasteiger charge is 2.34. The zero-order chi connectivity index (χ0) is 13.9. The Morgan fingerprint density at radius 2 is 2.20 bits per heavy atom. The van der Waals surface area contributed by atoms with Crippen LogP contribution in [0.15, 0.2) is 22.7 Å². The smallest absolute Gasteiger partial charge is 0.0779 e. The molecule has 0 bridgehead atoms. The van der Waals surface area contributed by atoms with Crippen LogP contribution < -0.4 is 10.2 Å². The van der Waals surface area contributed by atoms with E-state index in [1.807, 2.05) is 7.05 Å². The van der Waals surface area contributed by atoms with Gasteiger partial charge in [-0.25, -0.2) is 0 Å². The van der Waals surface area contributed by atoms with E-state index in [1.54, 1.807) is 0 Å². The molecule has 0 amide bonds. The lowest BCUT2D eigenvalue weighted by Crippen LogP contribution is -2.52. The second-order valence-electron chi connectivity index (χ2n) is 5.76. The number of fused-ring (bicyclic) bond motifs is 1. The van der Waals surface area contributed by atoms with E-state index in [4.69, 9.17) is 4.74 Å². The predicted molar refractivity (Wildman–Crippen MR) is 86.2 cm³/mol. The van der Waals surface area contributed by atoms with Gasteiger partial charge in [-0.15, -0.1) is 0 Å². The number of hydrogen-bond donors (Lipinski definition) is 1. The number of anilines is 1. The van der Waals surface area contributed by atoms with Gasteiger partial charge >= 0.3 is 0 Å². The SMILES string of the molecule is CNCc1ccc(N2CCOC3CCCCC32)cc1Br. The van der Waals surface area contributed by atoms with Crippen molar-refractivity contribution in [2.75, 3.05) is 25.1 Å². The average Bonchev–Trinajstić information content (AvgIpc) is 2.49. The van der Waals surface area contributed by atoms with Crippen LogP contribution in [0.1, 0.15) is 31.2 Å². The van der Waals surface area contributed by atoms with Crippen LogP contribution in [0.3, 0.4) is 0 Å². The second kappa shape index (κ2) is 6.46. The summed E-state index contributed by atoms with van der Waals surface area (Å²) in [5.41, 5.74) is 2.64. The van der Waals surface area contributed by atoms with Crippen LogP contribution in [-0.4, -0.2) is 32.3 Å². The van der Waals surface area contributed by atoms with Gasteiger partial charge in [-0.2, -0.15) is 0 Å². The van der Waals surface area contributed by atoms with E-state index in [0.29, 0.717) is 12.1 Å². The summed E-state index contributed by atoms with van der Waals surface area (Å²) in [5.74, 6) is 0. The summed E-state index contributed by atoms with van der Waals surface area (Å²) in [7, 11) is 1.98. The fraction of sp³-hybridized carbons (Fsp3) is 0.625. The molecule has 1 heterocycles. The monoisotopic (exact) mass is 338 g/mol. The number of morpholine rings is 1. The number of nitrogens with one attached hydrogen (secondary N) is 1. The first-order valence-electron chi connectivity index (χ1n) is 7.61. The fourth-order valence-electron chi connectivity index (χ4n) is 3.47. The first kappa shape index (κ1) is 14.4. The van der Waals surface area contributed by atoms with Gasteiger partial charge in [0.25, 0.3) is 0 Å². The van der Waals surface area contributed by atoms with Gasteiger partial charge in [0, 0.05) is 23.2 Å². The minimum Gasteiger partial charge on any atom is -0.374 e. The van der Waals surface area contributed by atoms with Gasteiger partial charge in [-0.3, -0.25) is 0 Å². The van der Waals surface area contributed by atoms with Gasteiger partial charge in [-0.05, 0) is 37.6 Å². The van der Waals surface area contributed by atoms with E-state index in [0.717, 1.165) is 19.7 Å². The molecule has 110 valence electrons. The van der Waals surface area contributed by atoms with Crippen LogP contribution in [0, 0.1) is 0 Å². The van der Waals surface area contributed by atoms with E-state index in [1.165, 1.54) is 41.4 Å². The van der Waals surface area contributed by atoms with Crippen molar-refractivity contribution in [2.45, 2.75) is 44.4 Å². The summed E-state index contributed by atoms with van der Waals surface area (Å²) >= 11 is 3.70. The summed E-state index contributed by atoms with van der Waals surface area (Å²) < 4.78 is 7.16. The molecule has 1 saturated carbocycles. The normalized spacial score (nSPS) is 26.4. The number of benzene rings is 1. The molecule has 3 rings (SSSR count). The van der Waals surface area contributed by atoms with Gasteiger partial charge in [-0.1, -0.05) is 34.8 Å². The van der Waals surface area contributed by atoms with Gasteiger partial charge < -0.3 is 15.0 Å². The van der Waals surface area contributed by atoms with Crippen LogP contribution >= 0.6 is 15.9 Å². The predicted octanol–water partition coefficient (Wildman–Crippen LogP) is 3.32. The fourth-order valence-corrected chi connectivity index (χ4v) is 3.97. The quantitative estimate of drug-likeness (QED) is 0.914. The van der Waals surface area contributed by atoms with Crippen molar-refractivity contribution in [1.82, 2.24) is 5.32 Å². The molecule has 4 heteroatoms. The highest BCUT2D eigenvalue weighted by molar-refractivity contribution is 9.10. The Hall–Kier alpha value is -0.580. The van der Waals surface area contributed by atoms with E-state index in [2.05, 4.69) is 44.3 Å². The standard InChI is InChI=1S/C16H23BrN2O/c1-18-11-12-6-7-13(10-14(12)17)19-8-9-20-16-5-3-2-4-15(16)19/h6-7,10,15-16,18H,2-5,8-9,11H2,1H3. The van der Waals surface area contributed by atoms with E-state index in [9.17, 15) is 0 Å². The number of hydrogen-bond acceptors (Lipinski definition) is 3. The first-order valence-corrected chi connectivity index (χ1v) is 8.40. The lowest BCUT2D eigenvalue weighted by atomic mass is 9.89. The van der Waals surface area contributed by atoms with Crippen molar-refractivity contribution in [1.29, 1.82) is 0 Å². The molecule has 1 aliphatic carbocycles.